The molecule has 0 saturated carbocycles. The minimum atomic E-state index is -0.999. The summed E-state index contributed by atoms with van der Waals surface area (Å²) in [6.45, 7) is 0.796. The van der Waals surface area contributed by atoms with Crippen LogP contribution in [0.3, 0.4) is 0 Å². The van der Waals surface area contributed by atoms with Crippen molar-refractivity contribution in [2.45, 2.75) is 13.0 Å². The fourth-order valence-corrected chi connectivity index (χ4v) is 1.80. The highest BCUT2D eigenvalue weighted by Gasteiger charge is 2.20. The number of rotatable bonds is 7. The van der Waals surface area contributed by atoms with Crippen LogP contribution in [0.15, 0.2) is 24.3 Å². The van der Waals surface area contributed by atoms with Crippen molar-refractivity contribution in [2.75, 3.05) is 25.9 Å². The first-order valence-electron chi connectivity index (χ1n) is 7.09. The van der Waals surface area contributed by atoms with Crippen LogP contribution >= 0.6 is 0 Å². The lowest BCUT2D eigenvalue weighted by atomic mass is 10.2. The Balaban J connectivity index is 2.46. The van der Waals surface area contributed by atoms with Crippen molar-refractivity contribution in [3.05, 3.63) is 29.8 Å². The van der Waals surface area contributed by atoms with Crippen molar-refractivity contribution in [2.24, 2.45) is 0 Å². The van der Waals surface area contributed by atoms with Crippen molar-refractivity contribution in [1.29, 1.82) is 0 Å². The highest BCUT2D eigenvalue weighted by molar-refractivity contribution is 5.97. The zero-order valence-corrected chi connectivity index (χ0v) is 13.4. The predicted octanol–water partition coefficient (Wildman–Crippen LogP) is -1.21. The number of benzene rings is 1. The minimum Gasteiger partial charge on any atom is -0.467 e. The van der Waals surface area contributed by atoms with Crippen LogP contribution in [0.25, 0.3) is 0 Å². The topological polar surface area (TPSA) is 140 Å². The fraction of sp³-hybridized carbons (Fsp3) is 0.333. The standard InChI is InChI=1S/C15H20N4O5/c1-9(20)19-12(15(23)24-2)7-17-13(21)8-18-14(22)10-4-3-5-11(16)6-10/h3-6,12H,7-8,16H2,1-2H3,(H,17,21)(H,18,22)(H,19,20)/t12-/m0/s1. The molecule has 1 aromatic carbocycles. The average molecular weight is 336 g/mol. The van der Waals surface area contributed by atoms with E-state index in [2.05, 4.69) is 20.7 Å². The lowest BCUT2D eigenvalue weighted by Crippen LogP contribution is -2.49. The smallest absolute Gasteiger partial charge is 0.330 e. The van der Waals surface area contributed by atoms with Crippen LogP contribution in [0.1, 0.15) is 17.3 Å². The van der Waals surface area contributed by atoms with E-state index in [1.54, 1.807) is 18.2 Å². The second kappa shape index (κ2) is 9.13. The maximum absolute atomic E-state index is 11.9. The van der Waals surface area contributed by atoms with E-state index in [-0.39, 0.29) is 13.1 Å². The van der Waals surface area contributed by atoms with Crippen molar-refractivity contribution >= 4 is 29.4 Å². The molecule has 0 aliphatic rings. The molecule has 0 aliphatic carbocycles. The number of ether oxygens (including phenoxy) is 1. The number of hydrogen-bond donors (Lipinski definition) is 4. The summed E-state index contributed by atoms with van der Waals surface area (Å²) < 4.78 is 4.53. The van der Waals surface area contributed by atoms with Crippen LogP contribution in [0, 0.1) is 0 Å². The van der Waals surface area contributed by atoms with Crippen molar-refractivity contribution in [3.8, 4) is 0 Å². The van der Waals surface area contributed by atoms with Crippen LogP contribution in [0.4, 0.5) is 5.69 Å². The number of hydrogen-bond acceptors (Lipinski definition) is 6. The van der Waals surface area contributed by atoms with Gasteiger partial charge in [0, 0.05) is 24.7 Å². The van der Waals surface area contributed by atoms with Gasteiger partial charge in [-0.1, -0.05) is 6.07 Å². The van der Waals surface area contributed by atoms with Gasteiger partial charge in [-0.3, -0.25) is 14.4 Å². The molecule has 0 unspecified atom stereocenters. The van der Waals surface area contributed by atoms with E-state index in [9.17, 15) is 19.2 Å². The number of nitrogens with two attached hydrogens (primary N) is 1. The SMILES string of the molecule is COC(=O)[C@H](CNC(=O)CNC(=O)c1cccc(N)c1)NC(C)=O. The molecule has 0 heterocycles. The van der Waals surface area contributed by atoms with Gasteiger partial charge in [0.05, 0.1) is 13.7 Å². The molecular formula is C15H20N4O5. The number of methoxy groups -OCH3 is 1. The third-order valence-electron chi connectivity index (χ3n) is 2.92. The molecule has 3 amide bonds. The van der Waals surface area contributed by atoms with E-state index >= 15 is 0 Å². The summed E-state index contributed by atoms with van der Waals surface area (Å²) in [6, 6.07) is 5.31. The number of anilines is 1. The van der Waals surface area contributed by atoms with Crippen LogP contribution in [0.2, 0.25) is 0 Å². The van der Waals surface area contributed by atoms with E-state index in [0.29, 0.717) is 11.3 Å². The fourth-order valence-electron chi connectivity index (χ4n) is 1.80. The molecule has 0 fully saturated rings. The molecule has 0 aliphatic heterocycles. The van der Waals surface area contributed by atoms with E-state index in [1.807, 2.05) is 0 Å². The molecule has 0 radical (unpaired) electrons. The predicted molar refractivity (Wildman–Crippen MR) is 85.8 cm³/mol. The maximum Gasteiger partial charge on any atom is 0.330 e. The van der Waals surface area contributed by atoms with Gasteiger partial charge >= 0.3 is 5.97 Å². The van der Waals surface area contributed by atoms with Crippen molar-refractivity contribution < 1.29 is 23.9 Å². The lowest BCUT2D eigenvalue weighted by molar-refractivity contribution is -0.144. The number of esters is 1. The van der Waals surface area contributed by atoms with Gasteiger partial charge in [0.15, 0.2) is 0 Å². The molecular weight excluding hydrogens is 316 g/mol. The van der Waals surface area contributed by atoms with Gasteiger partial charge in [-0.25, -0.2) is 4.79 Å². The Bertz CT molecular complexity index is 632. The monoisotopic (exact) mass is 336 g/mol. The third-order valence-corrected chi connectivity index (χ3v) is 2.92. The first kappa shape index (κ1) is 18.9. The molecule has 5 N–H and O–H groups in total. The molecule has 1 aromatic rings. The Labute approximate surface area is 138 Å². The van der Waals surface area contributed by atoms with Gasteiger partial charge in [-0.15, -0.1) is 0 Å². The quantitative estimate of drug-likeness (QED) is 0.364. The summed E-state index contributed by atoms with van der Waals surface area (Å²) in [5.74, 6) is -2.10. The number of carbonyl (C=O) groups excluding carboxylic acids is 4. The first-order chi connectivity index (χ1) is 11.3. The Morgan fingerprint density at radius 1 is 1.21 bits per heavy atom. The Morgan fingerprint density at radius 3 is 2.50 bits per heavy atom. The summed E-state index contributed by atoms with van der Waals surface area (Å²) in [5, 5.41) is 7.20. The zero-order chi connectivity index (χ0) is 18.1. The highest BCUT2D eigenvalue weighted by atomic mass is 16.5. The normalized spacial score (nSPS) is 11.1. The van der Waals surface area contributed by atoms with E-state index in [4.69, 9.17) is 5.73 Å². The van der Waals surface area contributed by atoms with E-state index < -0.39 is 29.7 Å². The average Bonchev–Trinajstić information content (AvgIpc) is 2.55. The molecule has 9 heteroatoms. The molecule has 0 aromatic heterocycles. The van der Waals surface area contributed by atoms with Crippen molar-refractivity contribution in [3.63, 3.8) is 0 Å². The first-order valence-corrected chi connectivity index (χ1v) is 7.09. The molecule has 1 atom stereocenters. The van der Waals surface area contributed by atoms with Crippen LogP contribution in [-0.2, 0) is 19.1 Å². The van der Waals surface area contributed by atoms with Gasteiger partial charge in [-0.2, -0.15) is 0 Å². The maximum atomic E-state index is 11.9. The molecule has 24 heavy (non-hydrogen) atoms. The minimum absolute atomic E-state index is 0.154. The molecule has 0 spiro atoms. The number of amides is 3. The van der Waals surface area contributed by atoms with Gasteiger partial charge in [0.1, 0.15) is 6.04 Å². The summed E-state index contributed by atoms with van der Waals surface area (Å²) >= 11 is 0. The number of nitrogen functional groups attached to an aromatic ring is 1. The Morgan fingerprint density at radius 2 is 1.92 bits per heavy atom. The van der Waals surface area contributed by atoms with E-state index in [0.717, 1.165) is 0 Å². The summed E-state index contributed by atoms with van der Waals surface area (Å²) in [5.41, 5.74) is 6.34. The second-order valence-electron chi connectivity index (χ2n) is 4.89. The summed E-state index contributed by atoms with van der Waals surface area (Å²) in [7, 11) is 1.17. The van der Waals surface area contributed by atoms with Crippen LogP contribution in [0.5, 0.6) is 0 Å². The molecule has 9 nitrogen and oxygen atoms in total. The number of carbonyl (C=O) groups is 4. The molecule has 0 bridgehead atoms. The lowest BCUT2D eigenvalue weighted by Gasteiger charge is -2.16. The highest BCUT2D eigenvalue weighted by Crippen LogP contribution is 2.05. The van der Waals surface area contributed by atoms with Gasteiger partial charge in [-0.05, 0) is 18.2 Å². The molecule has 130 valence electrons. The van der Waals surface area contributed by atoms with Crippen LogP contribution < -0.4 is 21.7 Å². The number of nitrogens with one attached hydrogen (secondary N) is 3. The van der Waals surface area contributed by atoms with E-state index in [1.165, 1.54) is 20.1 Å². The zero-order valence-electron chi connectivity index (χ0n) is 13.4. The van der Waals surface area contributed by atoms with Crippen LogP contribution in [-0.4, -0.2) is 49.9 Å². The summed E-state index contributed by atoms with van der Waals surface area (Å²) in [4.78, 5) is 46.1. The third kappa shape index (κ3) is 6.34. The van der Waals surface area contributed by atoms with Gasteiger partial charge in [0.25, 0.3) is 5.91 Å². The van der Waals surface area contributed by atoms with Gasteiger partial charge < -0.3 is 26.4 Å². The Hall–Kier alpha value is -3.10. The summed E-state index contributed by atoms with van der Waals surface area (Å²) in [6.07, 6.45) is 0. The largest absolute Gasteiger partial charge is 0.467 e. The van der Waals surface area contributed by atoms with Gasteiger partial charge in [0.2, 0.25) is 11.8 Å². The second-order valence-corrected chi connectivity index (χ2v) is 4.89. The molecule has 1 rings (SSSR count). The Kier molecular flexibility index (Phi) is 7.21. The van der Waals surface area contributed by atoms with Crippen molar-refractivity contribution in [1.82, 2.24) is 16.0 Å². The molecule has 0 saturated heterocycles.